The van der Waals surface area contributed by atoms with Gasteiger partial charge in [-0.2, -0.15) is 0 Å². The number of nitrogens with one attached hydrogen (secondary N) is 1. The van der Waals surface area contributed by atoms with Gasteiger partial charge < -0.3 is 10.1 Å². The largest absolute Gasteiger partial charge is 0.483 e. The predicted molar refractivity (Wildman–Crippen MR) is 135 cm³/mol. The monoisotopic (exact) mass is 530 g/mol. The number of amides is 3. The smallest absolute Gasteiger partial charge is 0.293 e. The fourth-order valence-corrected chi connectivity index (χ4v) is 4.46. The standard InChI is InChI=1S/C25H17Cl2FN2O4S/c26-18-6-2-3-7-20(18)29-23(31)14-34-21-8-4-1-5-15(21)11-22-24(32)30(25(33)35-22)13-16-9-10-17(28)12-19(16)27/h1-12H,13-14H2,(H,29,31)/b22-11-. The van der Waals surface area contributed by atoms with Gasteiger partial charge in [0.25, 0.3) is 17.1 Å². The number of ether oxygens (including phenoxy) is 1. The van der Waals surface area contributed by atoms with Crippen LogP contribution in [-0.2, 0) is 16.1 Å². The van der Waals surface area contributed by atoms with Crippen molar-refractivity contribution >= 4 is 63.8 Å². The number of para-hydroxylation sites is 2. The van der Waals surface area contributed by atoms with Gasteiger partial charge in [-0.15, -0.1) is 0 Å². The summed E-state index contributed by atoms with van der Waals surface area (Å²) < 4.78 is 19.0. The molecule has 0 atom stereocenters. The third-order valence-electron chi connectivity index (χ3n) is 4.93. The molecule has 178 valence electrons. The average molecular weight is 531 g/mol. The number of carbonyl (C=O) groups excluding carboxylic acids is 3. The fraction of sp³-hybridized carbons (Fsp3) is 0.0800. The third-order valence-corrected chi connectivity index (χ3v) is 6.52. The highest BCUT2D eigenvalue weighted by Crippen LogP contribution is 2.35. The van der Waals surface area contributed by atoms with Crippen LogP contribution in [0, 0.1) is 5.82 Å². The first-order chi connectivity index (χ1) is 16.8. The Bertz CT molecular complexity index is 1350. The number of rotatable bonds is 7. The highest BCUT2D eigenvalue weighted by Gasteiger charge is 2.35. The summed E-state index contributed by atoms with van der Waals surface area (Å²) in [6.07, 6.45) is 1.53. The lowest BCUT2D eigenvalue weighted by atomic mass is 10.1. The topological polar surface area (TPSA) is 75.7 Å². The molecular formula is C25H17Cl2FN2O4S. The quantitative estimate of drug-likeness (QED) is 0.358. The van der Waals surface area contributed by atoms with Gasteiger partial charge in [-0.05, 0) is 53.7 Å². The van der Waals surface area contributed by atoms with Gasteiger partial charge in [-0.1, -0.05) is 59.6 Å². The van der Waals surface area contributed by atoms with Crippen LogP contribution in [0.5, 0.6) is 5.75 Å². The minimum Gasteiger partial charge on any atom is -0.483 e. The first-order valence-electron chi connectivity index (χ1n) is 10.3. The van der Waals surface area contributed by atoms with E-state index in [9.17, 15) is 18.8 Å². The molecule has 1 aliphatic rings. The van der Waals surface area contributed by atoms with Crippen molar-refractivity contribution in [1.82, 2.24) is 4.90 Å². The Hall–Kier alpha value is -3.33. The normalized spacial score (nSPS) is 14.5. The lowest BCUT2D eigenvalue weighted by Gasteiger charge is -2.13. The summed E-state index contributed by atoms with van der Waals surface area (Å²) in [7, 11) is 0. The zero-order valence-corrected chi connectivity index (χ0v) is 20.3. The Labute approximate surface area is 214 Å². The molecule has 6 nitrogen and oxygen atoms in total. The molecule has 10 heteroatoms. The van der Waals surface area contributed by atoms with Gasteiger partial charge in [0.2, 0.25) is 0 Å². The molecule has 1 aliphatic heterocycles. The van der Waals surface area contributed by atoms with E-state index in [1.165, 1.54) is 18.2 Å². The number of nitrogens with zero attached hydrogens (tertiary/aromatic N) is 1. The number of benzene rings is 3. The second-order valence-corrected chi connectivity index (χ2v) is 9.17. The maximum atomic E-state index is 13.3. The van der Waals surface area contributed by atoms with Gasteiger partial charge in [0.05, 0.1) is 22.2 Å². The Morgan fingerprint density at radius 1 is 1.03 bits per heavy atom. The van der Waals surface area contributed by atoms with E-state index in [-0.39, 0.29) is 23.1 Å². The number of thioether (sulfide) groups is 1. The van der Waals surface area contributed by atoms with Gasteiger partial charge in [0.1, 0.15) is 11.6 Å². The van der Waals surface area contributed by atoms with Crippen molar-refractivity contribution in [2.24, 2.45) is 0 Å². The van der Waals surface area contributed by atoms with E-state index in [1.807, 2.05) is 0 Å². The van der Waals surface area contributed by atoms with Crippen LogP contribution in [0.3, 0.4) is 0 Å². The number of imide groups is 1. The second-order valence-electron chi connectivity index (χ2n) is 7.36. The van der Waals surface area contributed by atoms with Crippen molar-refractivity contribution in [2.45, 2.75) is 6.54 Å². The molecule has 3 aromatic carbocycles. The zero-order chi connectivity index (χ0) is 24.9. The lowest BCUT2D eigenvalue weighted by molar-refractivity contribution is -0.123. The number of halogens is 3. The highest BCUT2D eigenvalue weighted by molar-refractivity contribution is 8.18. The van der Waals surface area contributed by atoms with Crippen LogP contribution in [0.15, 0.2) is 71.6 Å². The number of hydrogen-bond donors (Lipinski definition) is 1. The molecule has 0 bridgehead atoms. The van der Waals surface area contributed by atoms with Gasteiger partial charge >= 0.3 is 0 Å². The Morgan fingerprint density at radius 3 is 2.54 bits per heavy atom. The van der Waals surface area contributed by atoms with Crippen LogP contribution in [0.2, 0.25) is 10.0 Å². The molecule has 1 N–H and O–H groups in total. The van der Waals surface area contributed by atoms with Crippen molar-refractivity contribution in [3.05, 3.63) is 98.6 Å². The molecule has 0 saturated carbocycles. The van der Waals surface area contributed by atoms with Crippen molar-refractivity contribution in [3.63, 3.8) is 0 Å². The molecule has 0 aliphatic carbocycles. The molecule has 0 spiro atoms. The van der Waals surface area contributed by atoms with Crippen LogP contribution >= 0.6 is 35.0 Å². The SMILES string of the molecule is O=C(COc1ccccc1/C=C1\SC(=O)N(Cc2ccc(F)cc2Cl)C1=O)Nc1ccccc1Cl. The minimum atomic E-state index is -0.509. The Morgan fingerprint density at radius 2 is 1.77 bits per heavy atom. The van der Waals surface area contributed by atoms with E-state index in [1.54, 1.807) is 48.5 Å². The molecule has 1 saturated heterocycles. The number of anilines is 1. The molecule has 0 unspecified atom stereocenters. The Kier molecular flexibility index (Phi) is 7.75. The summed E-state index contributed by atoms with van der Waals surface area (Å²) >= 11 is 12.9. The first kappa shape index (κ1) is 24.8. The van der Waals surface area contributed by atoms with Gasteiger partial charge in [-0.3, -0.25) is 19.3 Å². The molecule has 3 amide bonds. The fourth-order valence-electron chi connectivity index (χ4n) is 3.22. The zero-order valence-electron chi connectivity index (χ0n) is 18.0. The minimum absolute atomic E-state index is 0.0819. The van der Waals surface area contributed by atoms with Crippen molar-refractivity contribution in [2.75, 3.05) is 11.9 Å². The van der Waals surface area contributed by atoms with Gasteiger partial charge in [0, 0.05) is 10.6 Å². The van der Waals surface area contributed by atoms with Crippen molar-refractivity contribution in [1.29, 1.82) is 0 Å². The van der Waals surface area contributed by atoms with Crippen LogP contribution in [0.25, 0.3) is 6.08 Å². The van der Waals surface area contributed by atoms with E-state index in [2.05, 4.69) is 5.32 Å². The number of carbonyl (C=O) groups is 3. The highest BCUT2D eigenvalue weighted by atomic mass is 35.5. The van der Waals surface area contributed by atoms with E-state index >= 15 is 0 Å². The molecule has 3 aromatic rings. The van der Waals surface area contributed by atoms with Gasteiger partial charge in [0.15, 0.2) is 6.61 Å². The summed E-state index contributed by atoms with van der Waals surface area (Å²) in [6.45, 7) is -0.373. The number of hydrogen-bond acceptors (Lipinski definition) is 5. The maximum absolute atomic E-state index is 13.3. The average Bonchev–Trinajstić information content (AvgIpc) is 3.09. The predicted octanol–water partition coefficient (Wildman–Crippen LogP) is 6.39. The van der Waals surface area contributed by atoms with Crippen LogP contribution in [-0.4, -0.2) is 28.6 Å². The van der Waals surface area contributed by atoms with E-state index in [4.69, 9.17) is 27.9 Å². The molecule has 1 heterocycles. The first-order valence-corrected chi connectivity index (χ1v) is 11.8. The Balaban J connectivity index is 1.46. The van der Waals surface area contributed by atoms with Crippen LogP contribution in [0.4, 0.5) is 14.9 Å². The van der Waals surface area contributed by atoms with Crippen LogP contribution in [0.1, 0.15) is 11.1 Å². The maximum Gasteiger partial charge on any atom is 0.293 e. The molecule has 35 heavy (non-hydrogen) atoms. The van der Waals surface area contributed by atoms with E-state index in [0.29, 0.717) is 27.6 Å². The van der Waals surface area contributed by atoms with E-state index in [0.717, 1.165) is 22.7 Å². The summed E-state index contributed by atoms with van der Waals surface area (Å²) in [5.41, 5.74) is 1.43. The lowest BCUT2D eigenvalue weighted by Crippen LogP contribution is -2.27. The molecule has 4 rings (SSSR count). The summed E-state index contributed by atoms with van der Waals surface area (Å²) in [5.74, 6) is -1.07. The summed E-state index contributed by atoms with van der Waals surface area (Å²) in [5, 5.41) is 2.72. The molecule has 0 radical (unpaired) electrons. The third kappa shape index (κ3) is 6.03. The van der Waals surface area contributed by atoms with E-state index < -0.39 is 22.9 Å². The van der Waals surface area contributed by atoms with Crippen molar-refractivity contribution in [3.8, 4) is 5.75 Å². The second kappa shape index (κ2) is 10.9. The molecule has 0 aromatic heterocycles. The van der Waals surface area contributed by atoms with Crippen LogP contribution < -0.4 is 10.1 Å². The van der Waals surface area contributed by atoms with Gasteiger partial charge in [-0.25, -0.2) is 4.39 Å². The summed E-state index contributed by atoms with van der Waals surface area (Å²) in [4.78, 5) is 38.9. The molecular weight excluding hydrogens is 514 g/mol. The van der Waals surface area contributed by atoms with Crippen molar-refractivity contribution < 1.29 is 23.5 Å². The molecule has 1 fully saturated rings. The summed E-state index contributed by atoms with van der Waals surface area (Å²) in [6, 6.07) is 17.4.